The van der Waals surface area contributed by atoms with E-state index in [1.165, 1.54) is 5.57 Å². The summed E-state index contributed by atoms with van der Waals surface area (Å²) in [7, 11) is 1.77. The van der Waals surface area contributed by atoms with Gasteiger partial charge < -0.3 is 9.53 Å². The average Bonchev–Trinajstić information content (AvgIpc) is 2.45. The van der Waals surface area contributed by atoms with Crippen LogP contribution in [0.5, 0.6) is 0 Å². The number of allylic oxidation sites excluding steroid dienone is 6. The number of unbranched alkanes of at least 4 members (excludes halogenated alkanes) is 2. The van der Waals surface area contributed by atoms with Crippen molar-refractivity contribution < 1.29 is 9.53 Å². The van der Waals surface area contributed by atoms with Gasteiger partial charge in [0.1, 0.15) is 6.29 Å². The number of hydrogen-bond donors (Lipinski definition) is 0. The standard InChI is InChI=1S/C19H30O2/c1-16-11-10-12-17(15-20)19(16,4)14-9-7-6-8-13-18(2,3)21-5/h9-12,14-15,17H,6-8,13H2,1-5H3/b14-9+. The lowest BCUT2D eigenvalue weighted by molar-refractivity contribution is -0.111. The van der Waals surface area contributed by atoms with Gasteiger partial charge in [-0.3, -0.25) is 0 Å². The SMILES string of the molecule is COC(C)(C)CCCC/C=C/C1(C)C(C)=CC=CC1C=O. The molecule has 21 heavy (non-hydrogen) atoms. The van der Waals surface area contributed by atoms with Gasteiger partial charge in [0, 0.05) is 18.4 Å². The van der Waals surface area contributed by atoms with Crippen LogP contribution in [0.2, 0.25) is 0 Å². The molecule has 0 amide bonds. The van der Waals surface area contributed by atoms with Gasteiger partial charge in [0.25, 0.3) is 0 Å². The monoisotopic (exact) mass is 290 g/mol. The fraction of sp³-hybridized carbons (Fsp3) is 0.632. The molecule has 2 atom stereocenters. The fourth-order valence-corrected chi connectivity index (χ4v) is 2.63. The maximum Gasteiger partial charge on any atom is 0.128 e. The third-order valence-electron chi connectivity index (χ3n) is 4.77. The first-order valence-corrected chi connectivity index (χ1v) is 7.89. The maximum absolute atomic E-state index is 11.3. The van der Waals surface area contributed by atoms with Crippen LogP contribution >= 0.6 is 0 Å². The smallest absolute Gasteiger partial charge is 0.128 e. The molecule has 0 aliphatic heterocycles. The molecule has 2 nitrogen and oxygen atoms in total. The van der Waals surface area contributed by atoms with Crippen molar-refractivity contribution in [3.8, 4) is 0 Å². The molecule has 0 N–H and O–H groups in total. The van der Waals surface area contributed by atoms with Crippen LogP contribution in [-0.2, 0) is 9.53 Å². The van der Waals surface area contributed by atoms with Crippen LogP contribution in [0, 0.1) is 11.3 Å². The minimum absolute atomic E-state index is 0.0220. The molecule has 0 aromatic heterocycles. The highest BCUT2D eigenvalue weighted by Crippen LogP contribution is 2.39. The van der Waals surface area contributed by atoms with Gasteiger partial charge >= 0.3 is 0 Å². The van der Waals surface area contributed by atoms with Crippen LogP contribution < -0.4 is 0 Å². The summed E-state index contributed by atoms with van der Waals surface area (Å²) < 4.78 is 5.43. The molecular formula is C19H30O2. The zero-order valence-electron chi connectivity index (χ0n) is 14.2. The quantitative estimate of drug-likeness (QED) is 0.362. The van der Waals surface area contributed by atoms with Gasteiger partial charge in [0.15, 0.2) is 0 Å². The van der Waals surface area contributed by atoms with E-state index in [4.69, 9.17) is 4.74 Å². The summed E-state index contributed by atoms with van der Waals surface area (Å²) in [4.78, 5) is 11.3. The first-order valence-electron chi connectivity index (χ1n) is 7.89. The van der Waals surface area contributed by atoms with Crippen LogP contribution in [0.4, 0.5) is 0 Å². The van der Waals surface area contributed by atoms with Crippen LogP contribution in [0.15, 0.2) is 36.0 Å². The van der Waals surface area contributed by atoms with E-state index in [9.17, 15) is 4.79 Å². The summed E-state index contributed by atoms with van der Waals surface area (Å²) >= 11 is 0. The first-order chi connectivity index (χ1) is 9.85. The number of ether oxygens (including phenoxy) is 1. The molecule has 1 aliphatic rings. The van der Waals surface area contributed by atoms with Crippen molar-refractivity contribution >= 4 is 6.29 Å². The zero-order valence-corrected chi connectivity index (χ0v) is 14.2. The Labute approximate surface area is 130 Å². The molecule has 0 fully saturated rings. The van der Waals surface area contributed by atoms with Gasteiger partial charge in [-0.1, -0.05) is 49.3 Å². The zero-order chi connectivity index (χ0) is 15.9. The lowest BCUT2D eigenvalue weighted by Gasteiger charge is -2.33. The van der Waals surface area contributed by atoms with Gasteiger partial charge in [0.05, 0.1) is 5.60 Å². The Balaban J connectivity index is 2.47. The van der Waals surface area contributed by atoms with Gasteiger partial charge in [-0.2, -0.15) is 0 Å². The molecule has 1 rings (SSSR count). The Morgan fingerprint density at radius 2 is 2.10 bits per heavy atom. The van der Waals surface area contributed by atoms with E-state index in [1.54, 1.807) is 7.11 Å². The predicted octanol–water partition coefficient (Wildman–Crippen LogP) is 4.87. The van der Waals surface area contributed by atoms with Gasteiger partial charge in [-0.05, 0) is 40.0 Å². The Morgan fingerprint density at radius 3 is 2.71 bits per heavy atom. The van der Waals surface area contributed by atoms with Crippen molar-refractivity contribution in [2.75, 3.05) is 7.11 Å². The van der Waals surface area contributed by atoms with E-state index in [0.717, 1.165) is 32.0 Å². The summed E-state index contributed by atoms with van der Waals surface area (Å²) in [6, 6.07) is 0. The third kappa shape index (κ3) is 4.96. The molecule has 0 radical (unpaired) electrons. The number of aldehydes is 1. The molecular weight excluding hydrogens is 260 g/mol. The predicted molar refractivity (Wildman–Crippen MR) is 89.3 cm³/mol. The van der Waals surface area contributed by atoms with Gasteiger partial charge in [0.2, 0.25) is 0 Å². The fourth-order valence-electron chi connectivity index (χ4n) is 2.63. The van der Waals surface area contributed by atoms with Crippen LogP contribution in [0.3, 0.4) is 0 Å². The Hall–Kier alpha value is -1.15. The molecule has 0 aromatic carbocycles. The number of rotatable bonds is 8. The van der Waals surface area contributed by atoms with E-state index < -0.39 is 0 Å². The summed E-state index contributed by atoms with van der Waals surface area (Å²) in [5.74, 6) is -0.0498. The largest absolute Gasteiger partial charge is 0.379 e. The van der Waals surface area contributed by atoms with Crippen LogP contribution in [-0.4, -0.2) is 19.0 Å². The van der Waals surface area contributed by atoms with Crippen molar-refractivity contribution in [2.24, 2.45) is 11.3 Å². The molecule has 1 aliphatic carbocycles. The summed E-state index contributed by atoms with van der Waals surface area (Å²) in [5.41, 5.74) is 1.06. The lowest BCUT2D eigenvalue weighted by Crippen LogP contribution is -2.28. The summed E-state index contributed by atoms with van der Waals surface area (Å²) in [5, 5.41) is 0. The van der Waals surface area contributed by atoms with E-state index in [2.05, 4.69) is 45.9 Å². The molecule has 0 saturated carbocycles. The molecule has 0 saturated heterocycles. The van der Waals surface area contributed by atoms with E-state index >= 15 is 0 Å². The lowest BCUT2D eigenvalue weighted by atomic mass is 9.69. The highest BCUT2D eigenvalue weighted by Gasteiger charge is 2.32. The number of carbonyl (C=O) groups excluding carboxylic acids is 1. The van der Waals surface area contributed by atoms with Crippen molar-refractivity contribution in [3.05, 3.63) is 36.0 Å². The van der Waals surface area contributed by atoms with Crippen LogP contribution in [0.1, 0.15) is 53.4 Å². The summed E-state index contributed by atoms with van der Waals surface area (Å²) in [6.45, 7) is 8.50. The molecule has 0 spiro atoms. The second-order valence-electron chi connectivity index (χ2n) is 6.79. The highest BCUT2D eigenvalue weighted by molar-refractivity contribution is 5.62. The molecule has 2 unspecified atom stereocenters. The van der Waals surface area contributed by atoms with Gasteiger partial charge in [-0.15, -0.1) is 0 Å². The number of hydrogen-bond acceptors (Lipinski definition) is 2. The minimum atomic E-state index is -0.164. The number of methoxy groups -OCH3 is 1. The highest BCUT2D eigenvalue weighted by atomic mass is 16.5. The van der Waals surface area contributed by atoms with Crippen LogP contribution in [0.25, 0.3) is 0 Å². The van der Waals surface area contributed by atoms with E-state index in [-0.39, 0.29) is 16.9 Å². The van der Waals surface area contributed by atoms with Crippen molar-refractivity contribution in [1.29, 1.82) is 0 Å². The summed E-state index contributed by atoms with van der Waals surface area (Å²) in [6.07, 6.45) is 16.0. The van der Waals surface area contributed by atoms with E-state index in [0.29, 0.717) is 0 Å². The third-order valence-corrected chi connectivity index (χ3v) is 4.77. The van der Waals surface area contributed by atoms with Crippen molar-refractivity contribution in [1.82, 2.24) is 0 Å². The molecule has 118 valence electrons. The molecule has 0 bridgehead atoms. The van der Waals surface area contributed by atoms with Crippen molar-refractivity contribution in [2.45, 2.75) is 59.0 Å². The Morgan fingerprint density at radius 1 is 1.38 bits per heavy atom. The topological polar surface area (TPSA) is 26.3 Å². The Bertz CT molecular complexity index is 429. The van der Waals surface area contributed by atoms with Gasteiger partial charge in [-0.25, -0.2) is 0 Å². The van der Waals surface area contributed by atoms with E-state index in [1.807, 2.05) is 12.2 Å². The molecule has 0 aromatic rings. The first kappa shape index (κ1) is 17.9. The normalized spacial score (nSPS) is 26.1. The van der Waals surface area contributed by atoms with Crippen molar-refractivity contribution in [3.63, 3.8) is 0 Å². The Kier molecular flexibility index (Phi) is 6.60. The minimum Gasteiger partial charge on any atom is -0.379 e. The maximum atomic E-state index is 11.3. The second-order valence-corrected chi connectivity index (χ2v) is 6.79. The number of carbonyl (C=O) groups is 1. The average molecular weight is 290 g/mol. The molecule has 0 heterocycles. The molecule has 2 heteroatoms. The second kappa shape index (κ2) is 7.74.